The van der Waals surface area contributed by atoms with Crippen molar-refractivity contribution in [2.75, 3.05) is 0 Å². The van der Waals surface area contributed by atoms with E-state index in [1.165, 1.54) is 25.7 Å². The lowest BCUT2D eigenvalue weighted by atomic mass is 10.4. The molecule has 3 nitrogen and oxygen atoms in total. The van der Waals surface area contributed by atoms with Crippen LogP contribution in [0.25, 0.3) is 0 Å². The monoisotopic (exact) mass is 600 g/mol. The lowest BCUT2D eigenvalue weighted by molar-refractivity contribution is 0.798. The van der Waals surface area contributed by atoms with Gasteiger partial charge in [-0.1, -0.05) is 215 Å². The summed E-state index contributed by atoms with van der Waals surface area (Å²) in [6.45, 7) is 23.0. The van der Waals surface area contributed by atoms with Gasteiger partial charge in [0.15, 0.2) is 0 Å². The van der Waals surface area contributed by atoms with Crippen molar-refractivity contribution in [3.8, 4) is 0 Å². The molecule has 0 unspecified atom stereocenters. The second-order valence-corrected chi connectivity index (χ2v) is 7.50. The topological polar surface area (TPSA) is 38.7 Å². The van der Waals surface area contributed by atoms with Gasteiger partial charge in [0.05, 0.1) is 0 Å². The van der Waals surface area contributed by atoms with Crippen LogP contribution in [0.5, 0.6) is 0 Å². The summed E-state index contributed by atoms with van der Waals surface area (Å²) in [5.41, 5.74) is 0. The van der Waals surface area contributed by atoms with Gasteiger partial charge >= 0.3 is 0 Å². The molecular formula is C39H89N3. The molecule has 1 aromatic heterocycles. The number of hydrogen-bond donors (Lipinski definition) is 0. The van der Waals surface area contributed by atoms with E-state index in [9.17, 15) is 0 Å². The van der Waals surface area contributed by atoms with Gasteiger partial charge in [-0.25, -0.2) is 15.0 Å². The Morgan fingerprint density at radius 3 is 0.786 bits per heavy atom. The molecule has 1 aromatic carbocycles. The average Bonchev–Trinajstić information content (AvgIpc) is 3.43. The molecule has 0 bridgehead atoms. The minimum atomic E-state index is 0. The van der Waals surface area contributed by atoms with Crippen LogP contribution in [0.2, 0.25) is 0 Å². The number of benzene rings is 1. The van der Waals surface area contributed by atoms with Gasteiger partial charge in [-0.3, -0.25) is 0 Å². The summed E-state index contributed by atoms with van der Waals surface area (Å²) in [7, 11) is 0. The summed E-state index contributed by atoms with van der Waals surface area (Å²) in [4.78, 5) is 12.6. The fourth-order valence-corrected chi connectivity index (χ4v) is 1.69. The van der Waals surface area contributed by atoms with Crippen LogP contribution in [0.1, 0.15) is 178 Å². The smallest absolute Gasteiger partial charge is 0.132 e. The van der Waals surface area contributed by atoms with E-state index in [1.807, 2.05) is 57.2 Å². The Morgan fingerprint density at radius 1 is 0.429 bits per heavy atom. The Hall–Kier alpha value is -2.29. The van der Waals surface area contributed by atoms with Crippen molar-refractivity contribution in [1.29, 1.82) is 0 Å². The molecule has 42 heavy (non-hydrogen) atoms. The van der Waals surface area contributed by atoms with E-state index >= 15 is 0 Å². The highest BCUT2D eigenvalue weighted by molar-refractivity contribution is 5.12. The summed E-state index contributed by atoms with van der Waals surface area (Å²) in [5.74, 6) is 2.62. The lowest BCUT2D eigenvalue weighted by Crippen LogP contribution is -2.03. The molecule has 1 aliphatic rings. The Labute approximate surface area is 273 Å². The number of nitrogens with zero attached hydrogens (tertiary/aromatic N) is 3. The van der Waals surface area contributed by atoms with Crippen LogP contribution >= 0.6 is 0 Å². The predicted octanol–water partition coefficient (Wildman–Crippen LogP) is 15.2. The first-order valence-electron chi connectivity index (χ1n) is 13.4. The highest BCUT2D eigenvalue weighted by Crippen LogP contribution is 1.96. The largest absolute Gasteiger partial charge is 0.218 e. The van der Waals surface area contributed by atoms with E-state index in [0.717, 1.165) is 36.7 Å². The molecule has 1 heterocycles. The second kappa shape index (κ2) is 77.2. The molecule has 1 aliphatic carbocycles. The summed E-state index contributed by atoms with van der Waals surface area (Å²) in [6, 6.07) is 12.0. The highest BCUT2D eigenvalue weighted by Gasteiger charge is 1.98. The quantitative estimate of drug-likeness (QED) is 0.344. The van der Waals surface area contributed by atoms with Gasteiger partial charge in [-0.15, -0.1) is 0 Å². The van der Waals surface area contributed by atoms with Crippen molar-refractivity contribution >= 4 is 0 Å². The van der Waals surface area contributed by atoms with E-state index in [4.69, 9.17) is 0 Å². The molecular weight excluding hydrogens is 510 g/mol. The van der Waals surface area contributed by atoms with Gasteiger partial charge in [-0.05, 0) is 13.3 Å². The molecule has 0 saturated heterocycles. The summed E-state index contributed by atoms with van der Waals surface area (Å²) in [5, 5.41) is 0. The molecule has 0 N–H and O–H groups in total. The molecule has 0 aliphatic heterocycles. The minimum Gasteiger partial charge on any atom is -0.218 e. The van der Waals surface area contributed by atoms with E-state index in [-0.39, 0.29) is 59.4 Å². The summed E-state index contributed by atoms with van der Waals surface area (Å²) >= 11 is 0. The first-order valence-corrected chi connectivity index (χ1v) is 13.4. The first-order chi connectivity index (χ1) is 16.4. The zero-order valence-corrected chi connectivity index (χ0v) is 24.6. The Kier molecular flexibility index (Phi) is 142. The second-order valence-electron chi connectivity index (χ2n) is 7.50. The highest BCUT2D eigenvalue weighted by atomic mass is 15.0. The summed E-state index contributed by atoms with van der Waals surface area (Å²) < 4.78 is 0. The van der Waals surface area contributed by atoms with Crippen LogP contribution in [-0.2, 0) is 12.8 Å². The van der Waals surface area contributed by atoms with E-state index in [2.05, 4.69) is 94.6 Å². The third kappa shape index (κ3) is 83.2. The normalized spacial score (nSPS) is 7.60. The lowest BCUT2D eigenvalue weighted by Gasteiger charge is -1.99. The predicted molar refractivity (Wildman–Crippen MR) is 210 cm³/mol. The maximum Gasteiger partial charge on any atom is 0.132 e. The Bertz CT molecular complexity index is 568. The Balaban J connectivity index is -0.0000000259. The van der Waals surface area contributed by atoms with Crippen LogP contribution in [0.3, 0.4) is 0 Å². The van der Waals surface area contributed by atoms with Crippen molar-refractivity contribution in [2.24, 2.45) is 0 Å². The van der Waals surface area contributed by atoms with Gasteiger partial charge in [0.1, 0.15) is 17.5 Å². The molecule has 260 valence electrons. The van der Waals surface area contributed by atoms with Crippen LogP contribution in [0, 0.1) is 6.92 Å². The Morgan fingerprint density at radius 2 is 0.643 bits per heavy atom. The first kappa shape index (κ1) is 77.5. The average molecular weight is 600 g/mol. The SMILES string of the molecule is C.C.C.C.C.C.C.C.C1=CCC=C1.CCC.CCC.CCC.CCC.CCc1nc(C)nc(CC)n1.c1ccccc1. The molecule has 2 aromatic rings. The van der Waals surface area contributed by atoms with E-state index < -0.39 is 0 Å². The molecule has 0 spiro atoms. The number of aromatic nitrogens is 3. The van der Waals surface area contributed by atoms with Gasteiger partial charge in [0.25, 0.3) is 0 Å². The number of rotatable bonds is 2. The molecule has 0 radical (unpaired) electrons. The fourth-order valence-electron chi connectivity index (χ4n) is 1.69. The van der Waals surface area contributed by atoms with Gasteiger partial charge in [-0.2, -0.15) is 0 Å². The molecule has 0 saturated carbocycles. The molecule has 3 heteroatoms. The molecule has 3 rings (SSSR count). The van der Waals surface area contributed by atoms with Gasteiger partial charge in [0.2, 0.25) is 0 Å². The van der Waals surface area contributed by atoms with Crippen LogP contribution in [-0.4, -0.2) is 15.0 Å². The van der Waals surface area contributed by atoms with Gasteiger partial charge < -0.3 is 0 Å². The minimum absolute atomic E-state index is 0. The maximum atomic E-state index is 4.25. The van der Waals surface area contributed by atoms with Crippen LogP contribution < -0.4 is 0 Å². The third-order valence-corrected chi connectivity index (χ3v) is 2.79. The van der Waals surface area contributed by atoms with Crippen LogP contribution in [0.15, 0.2) is 60.7 Å². The van der Waals surface area contributed by atoms with Crippen molar-refractivity contribution in [2.45, 2.75) is 181 Å². The zero-order chi connectivity index (χ0) is 26.9. The van der Waals surface area contributed by atoms with E-state index in [0.29, 0.717) is 0 Å². The summed E-state index contributed by atoms with van der Waals surface area (Å²) in [6.07, 6.45) is 16.3. The van der Waals surface area contributed by atoms with E-state index in [1.54, 1.807) is 0 Å². The molecule has 0 amide bonds. The molecule has 0 fully saturated rings. The van der Waals surface area contributed by atoms with Crippen molar-refractivity contribution < 1.29 is 0 Å². The van der Waals surface area contributed by atoms with Crippen molar-refractivity contribution in [1.82, 2.24) is 15.0 Å². The number of allylic oxidation sites excluding steroid dienone is 4. The van der Waals surface area contributed by atoms with Crippen LogP contribution in [0.4, 0.5) is 0 Å². The fraction of sp³-hybridized carbons (Fsp3) is 0.667. The molecule has 0 atom stereocenters. The number of aryl methyl sites for hydroxylation is 3. The number of hydrogen-bond acceptors (Lipinski definition) is 3. The van der Waals surface area contributed by atoms with Gasteiger partial charge in [0, 0.05) is 12.8 Å². The third-order valence-electron chi connectivity index (χ3n) is 2.79. The standard InChI is InChI=1S/C8H13N3.C6H6.C5H6.4C3H8.8CH4/c1-4-7-9-6(3)10-8(5-2)11-7;1-2-4-6-5-3-1;1-2-4-5-3-1;4*1-3-2;;;;;;;;/h4-5H2,1-3H3;1-6H;1-4H,5H2;4*3H2,1-2H3;8*1H4. The zero-order valence-electron chi connectivity index (χ0n) is 24.6. The van der Waals surface area contributed by atoms with Crippen molar-refractivity contribution in [3.63, 3.8) is 0 Å². The van der Waals surface area contributed by atoms with Crippen molar-refractivity contribution in [3.05, 3.63) is 78.2 Å². The maximum absolute atomic E-state index is 4.25.